The monoisotopic (exact) mass is 910 g/mol. The molecule has 4 aliphatic rings. The fraction of sp³-hybridized carbons (Fsp3) is 0.571. The maximum absolute atomic E-state index is 14.7. The van der Waals surface area contributed by atoms with E-state index in [2.05, 4.69) is 51.0 Å². The molecule has 1 spiro atoms. The third kappa shape index (κ3) is 9.99. The lowest BCUT2D eigenvalue weighted by atomic mass is 9.74. The number of carbonyl (C=O) groups is 5. The number of hydrogen-bond donors (Lipinski definition) is 4. The van der Waals surface area contributed by atoms with Crippen LogP contribution in [0, 0.1) is 17.3 Å². The molecule has 17 nitrogen and oxygen atoms in total. The molecule has 3 fully saturated rings. The van der Waals surface area contributed by atoms with E-state index in [4.69, 9.17) is 24.2 Å². The summed E-state index contributed by atoms with van der Waals surface area (Å²) < 4.78 is 15.5. The molecular weight excluding hydrogens is 843 g/mol. The van der Waals surface area contributed by atoms with Crippen LogP contribution in [0.4, 0.5) is 14.4 Å². The van der Waals surface area contributed by atoms with Crippen LogP contribution < -0.4 is 10.6 Å². The molecule has 17 heteroatoms. The first-order valence-electron chi connectivity index (χ1n) is 23.2. The van der Waals surface area contributed by atoms with Gasteiger partial charge in [0.05, 0.1) is 43.1 Å². The second kappa shape index (κ2) is 19.4. The number of H-pyrrole nitrogens is 2. The van der Waals surface area contributed by atoms with E-state index in [1.807, 2.05) is 84.0 Å². The Hall–Kier alpha value is -6.13. The van der Waals surface area contributed by atoms with E-state index in [1.54, 1.807) is 9.80 Å². The van der Waals surface area contributed by atoms with Crippen LogP contribution in [0.5, 0.6) is 0 Å². The predicted molar refractivity (Wildman–Crippen MR) is 247 cm³/mol. The lowest BCUT2D eigenvalue weighted by Crippen LogP contribution is -2.52. The summed E-state index contributed by atoms with van der Waals surface area (Å²) in [7, 11) is 2.56. The number of piperidine rings is 1. The smallest absolute Gasteiger partial charge is 0.410 e. The summed E-state index contributed by atoms with van der Waals surface area (Å²) in [4.78, 5) is 89.4. The molecule has 0 radical (unpaired) electrons. The van der Waals surface area contributed by atoms with Crippen LogP contribution in [0.3, 0.4) is 0 Å². The van der Waals surface area contributed by atoms with Crippen molar-refractivity contribution in [2.24, 2.45) is 17.3 Å². The molecule has 5 amide bonds. The molecule has 7 rings (SSSR count). The van der Waals surface area contributed by atoms with Crippen LogP contribution in [0.15, 0.2) is 61.0 Å². The number of nitrogens with zero attached hydrogens (tertiary/aromatic N) is 5. The summed E-state index contributed by atoms with van der Waals surface area (Å²) in [5.41, 5.74) is 2.00. The van der Waals surface area contributed by atoms with Crippen molar-refractivity contribution in [1.29, 1.82) is 0 Å². The third-order valence-electron chi connectivity index (χ3n) is 13.7. The van der Waals surface area contributed by atoms with Gasteiger partial charge in [-0.3, -0.25) is 9.59 Å². The Bertz CT molecular complexity index is 2300. The molecule has 356 valence electrons. The largest absolute Gasteiger partial charge is 0.453 e. The Kier molecular flexibility index (Phi) is 14.0. The van der Waals surface area contributed by atoms with E-state index < -0.39 is 41.3 Å². The summed E-state index contributed by atoms with van der Waals surface area (Å²) >= 11 is 0. The second-order valence-corrected chi connectivity index (χ2v) is 20.0. The van der Waals surface area contributed by atoms with Crippen LogP contribution in [-0.2, 0) is 29.2 Å². The van der Waals surface area contributed by atoms with Crippen LogP contribution >= 0.6 is 0 Å². The number of aromatic nitrogens is 4. The van der Waals surface area contributed by atoms with Gasteiger partial charge in [0.25, 0.3) is 0 Å². The zero-order valence-corrected chi connectivity index (χ0v) is 39.8. The number of alkyl carbamates (subject to hydrolysis) is 2. The fourth-order valence-electron chi connectivity index (χ4n) is 9.95. The Morgan fingerprint density at radius 3 is 1.86 bits per heavy atom. The van der Waals surface area contributed by atoms with Crippen molar-refractivity contribution < 1.29 is 38.2 Å². The first-order valence-corrected chi connectivity index (χ1v) is 23.2. The minimum absolute atomic E-state index is 0.174. The molecule has 2 aromatic heterocycles. The highest BCUT2D eigenvalue weighted by Gasteiger charge is 2.51. The molecule has 3 aliphatic heterocycles. The third-order valence-corrected chi connectivity index (χ3v) is 13.7. The second-order valence-electron chi connectivity index (χ2n) is 20.0. The number of nitrogens with one attached hydrogen (secondary N) is 4. The highest BCUT2D eigenvalue weighted by Crippen LogP contribution is 2.50. The fourth-order valence-corrected chi connectivity index (χ4v) is 9.95. The van der Waals surface area contributed by atoms with E-state index in [0.717, 1.165) is 28.9 Å². The number of rotatable bonds is 11. The molecule has 66 heavy (non-hydrogen) atoms. The normalized spacial score (nSPS) is 22.6. The summed E-state index contributed by atoms with van der Waals surface area (Å²) in [6, 6.07) is 7.75. The zero-order chi connectivity index (χ0) is 47.6. The Balaban J connectivity index is 1.23. The average Bonchev–Trinajstić information content (AvgIpc) is 4.14. The molecule has 3 aromatic rings. The first kappa shape index (κ1) is 47.8. The molecule has 0 bridgehead atoms. The van der Waals surface area contributed by atoms with E-state index in [9.17, 15) is 24.0 Å². The van der Waals surface area contributed by atoms with Crippen molar-refractivity contribution >= 4 is 35.7 Å². The number of methoxy groups -OCH3 is 2. The SMILES string of the molecule is COC(=O)N[C@H](C(=O)N1CC2(CCN(C(=O)OC(C)(C)C)CC2)CC1c1ncc(C2(c3cnc([C@@H]4CCCN4C(=O)[C@@H](NC(=O)OC)C(C)C)[nH]3)C=CC(c3ccccc3)=CC2)[nH]1)C(C)C. The molecule has 4 N–H and O–H groups in total. The lowest BCUT2D eigenvalue weighted by molar-refractivity contribution is -0.136. The average molecular weight is 910 g/mol. The van der Waals surface area contributed by atoms with Gasteiger partial charge in [0.2, 0.25) is 11.8 Å². The molecular formula is C49H67N9O8. The lowest BCUT2D eigenvalue weighted by Gasteiger charge is -2.39. The van der Waals surface area contributed by atoms with E-state index in [1.165, 1.54) is 14.2 Å². The maximum Gasteiger partial charge on any atom is 0.410 e. The molecule has 2 unspecified atom stereocenters. The van der Waals surface area contributed by atoms with Crippen molar-refractivity contribution in [3.05, 3.63) is 89.6 Å². The van der Waals surface area contributed by atoms with Gasteiger partial charge in [0, 0.05) is 38.6 Å². The number of likely N-dealkylation sites (tertiary alicyclic amines) is 3. The number of aromatic amines is 2. The van der Waals surface area contributed by atoms with Gasteiger partial charge in [-0.1, -0.05) is 76.3 Å². The van der Waals surface area contributed by atoms with Gasteiger partial charge in [-0.15, -0.1) is 0 Å². The molecule has 0 saturated carbocycles. The number of carbonyl (C=O) groups excluding carboxylic acids is 5. The van der Waals surface area contributed by atoms with Crippen molar-refractivity contribution in [2.75, 3.05) is 40.4 Å². The highest BCUT2D eigenvalue weighted by molar-refractivity contribution is 5.87. The van der Waals surface area contributed by atoms with E-state index >= 15 is 0 Å². The molecule has 5 atom stereocenters. The number of allylic oxidation sites excluding steroid dienone is 4. The van der Waals surface area contributed by atoms with Gasteiger partial charge in [-0.25, -0.2) is 24.4 Å². The van der Waals surface area contributed by atoms with Gasteiger partial charge in [0.1, 0.15) is 29.3 Å². The number of amides is 5. The Morgan fingerprint density at radius 1 is 0.788 bits per heavy atom. The quantitative estimate of drug-likeness (QED) is 0.143. The number of imidazole rings is 2. The van der Waals surface area contributed by atoms with Gasteiger partial charge >= 0.3 is 18.3 Å². The van der Waals surface area contributed by atoms with Crippen LogP contribution in [0.1, 0.15) is 128 Å². The minimum atomic E-state index is -0.849. The van der Waals surface area contributed by atoms with Gasteiger partial charge in [0.15, 0.2) is 0 Å². The van der Waals surface area contributed by atoms with Crippen molar-refractivity contribution in [2.45, 2.75) is 122 Å². The van der Waals surface area contributed by atoms with Crippen LogP contribution in [-0.4, -0.2) is 123 Å². The van der Waals surface area contributed by atoms with E-state index in [-0.39, 0.29) is 41.2 Å². The predicted octanol–water partition coefficient (Wildman–Crippen LogP) is 7.18. The minimum Gasteiger partial charge on any atom is -0.453 e. The number of hydrogen-bond acceptors (Lipinski definition) is 10. The molecule has 3 saturated heterocycles. The standard InChI is InChI=1S/C49H67N9O8/c1-30(2)38(54-44(61)64-8)42(59)57-23-13-16-34(57)40-50-27-36(52-40)49(19-17-33(18-20-49)32-14-11-10-12-15-32)37-28-51-41(53-37)35-26-48(21-24-56(25-22-48)46(63)66-47(5,6)7)29-58(35)43(60)39(31(3)4)55-45(62)65-9/h10-12,14-15,17-19,27-28,30-31,34-35,38-39H,13,16,20-26,29H2,1-9H3,(H,50,52)(H,51,53)(H,54,61)(H,55,62)/t34-,35?,38-,39-,49?/m0/s1. The summed E-state index contributed by atoms with van der Waals surface area (Å²) in [5, 5.41) is 5.51. The summed E-state index contributed by atoms with van der Waals surface area (Å²) in [6.07, 6.45) is 12.4. The zero-order valence-electron chi connectivity index (χ0n) is 39.8. The van der Waals surface area contributed by atoms with Crippen molar-refractivity contribution in [1.82, 2.24) is 45.3 Å². The van der Waals surface area contributed by atoms with Gasteiger partial charge in [-0.05, 0) is 87.7 Å². The van der Waals surface area contributed by atoms with Gasteiger partial charge < -0.3 is 49.5 Å². The number of benzene rings is 1. The molecule has 1 aromatic carbocycles. The van der Waals surface area contributed by atoms with Crippen molar-refractivity contribution in [3.8, 4) is 0 Å². The molecule has 1 aliphatic carbocycles. The van der Waals surface area contributed by atoms with Gasteiger partial charge in [-0.2, -0.15) is 0 Å². The first-order chi connectivity index (χ1) is 31.4. The van der Waals surface area contributed by atoms with E-state index in [0.29, 0.717) is 69.9 Å². The summed E-state index contributed by atoms with van der Waals surface area (Å²) in [6.45, 7) is 15.0. The van der Waals surface area contributed by atoms with Crippen LogP contribution in [0.25, 0.3) is 5.57 Å². The molecule has 5 heterocycles. The van der Waals surface area contributed by atoms with Crippen LogP contribution in [0.2, 0.25) is 0 Å². The van der Waals surface area contributed by atoms with Crippen molar-refractivity contribution in [3.63, 3.8) is 0 Å². The summed E-state index contributed by atoms with van der Waals surface area (Å²) in [5.74, 6) is 0.419. The topological polar surface area (TPSA) is 204 Å². The highest BCUT2D eigenvalue weighted by atomic mass is 16.6. The Labute approximate surface area is 387 Å². The number of ether oxygens (including phenoxy) is 3. The Morgan fingerprint density at radius 2 is 1.35 bits per heavy atom. The maximum atomic E-state index is 14.7.